The van der Waals surface area contributed by atoms with Crippen molar-refractivity contribution in [3.63, 3.8) is 0 Å². The van der Waals surface area contributed by atoms with Gasteiger partial charge in [0.25, 0.3) is 0 Å². The van der Waals surface area contributed by atoms with Crippen LogP contribution in [0.3, 0.4) is 0 Å². The first-order valence-electron chi connectivity index (χ1n) is 6.93. The lowest BCUT2D eigenvalue weighted by Gasteiger charge is -2.46. The quantitative estimate of drug-likeness (QED) is 0.900. The summed E-state index contributed by atoms with van der Waals surface area (Å²) < 4.78 is 0. The van der Waals surface area contributed by atoms with Crippen LogP contribution in [0.25, 0.3) is 0 Å². The molecule has 98 valence electrons. The van der Waals surface area contributed by atoms with E-state index in [2.05, 4.69) is 70.9 Å². The fourth-order valence-corrected chi connectivity index (χ4v) is 2.87. The zero-order valence-corrected chi connectivity index (χ0v) is 11.3. The van der Waals surface area contributed by atoms with Crippen molar-refractivity contribution in [1.29, 1.82) is 0 Å². The summed E-state index contributed by atoms with van der Waals surface area (Å²) >= 11 is 0. The van der Waals surface area contributed by atoms with Gasteiger partial charge in [0, 0.05) is 6.54 Å². The molecule has 1 atom stereocenters. The van der Waals surface area contributed by atoms with Gasteiger partial charge in [-0.25, -0.2) is 0 Å². The van der Waals surface area contributed by atoms with Crippen molar-refractivity contribution in [3.8, 4) is 0 Å². The standard InChI is InChI=1S/C17H20N2/c1-18-16-12-13-19(16)17(14-8-4-2-5-9-14)15-10-6-3-7-11-15/h2-11,16-18H,12-13H2,1H3/t16-/m0/s1. The molecule has 0 saturated carbocycles. The third kappa shape index (κ3) is 2.42. The third-order valence-corrected chi connectivity index (χ3v) is 3.96. The van der Waals surface area contributed by atoms with Gasteiger partial charge in [0.1, 0.15) is 0 Å². The molecule has 2 aromatic rings. The zero-order valence-electron chi connectivity index (χ0n) is 11.3. The van der Waals surface area contributed by atoms with Crippen LogP contribution in [0, 0.1) is 0 Å². The van der Waals surface area contributed by atoms with E-state index in [9.17, 15) is 0 Å². The van der Waals surface area contributed by atoms with E-state index in [1.165, 1.54) is 17.5 Å². The molecular weight excluding hydrogens is 232 g/mol. The topological polar surface area (TPSA) is 15.3 Å². The maximum Gasteiger partial charge on any atom is 0.0615 e. The number of likely N-dealkylation sites (tertiary alicyclic amines) is 1. The molecule has 0 radical (unpaired) electrons. The van der Waals surface area contributed by atoms with E-state index in [-0.39, 0.29) is 0 Å². The summed E-state index contributed by atoms with van der Waals surface area (Å²) in [6, 6.07) is 21.9. The average molecular weight is 252 g/mol. The smallest absolute Gasteiger partial charge is 0.0615 e. The van der Waals surface area contributed by atoms with E-state index in [1.807, 2.05) is 7.05 Å². The van der Waals surface area contributed by atoms with Crippen LogP contribution < -0.4 is 5.32 Å². The summed E-state index contributed by atoms with van der Waals surface area (Å²) in [5.41, 5.74) is 2.74. The van der Waals surface area contributed by atoms with Crippen molar-refractivity contribution in [2.45, 2.75) is 18.6 Å². The summed E-state index contributed by atoms with van der Waals surface area (Å²) in [7, 11) is 2.05. The molecule has 1 aliphatic rings. The molecule has 0 spiro atoms. The second kappa shape index (κ2) is 5.55. The molecule has 1 aliphatic heterocycles. The van der Waals surface area contributed by atoms with Gasteiger partial charge < -0.3 is 5.32 Å². The lowest BCUT2D eigenvalue weighted by atomic mass is 9.93. The van der Waals surface area contributed by atoms with Crippen molar-refractivity contribution in [1.82, 2.24) is 10.2 Å². The van der Waals surface area contributed by atoms with Crippen LogP contribution in [0.15, 0.2) is 60.7 Å². The van der Waals surface area contributed by atoms with Crippen molar-refractivity contribution in [3.05, 3.63) is 71.8 Å². The molecule has 0 amide bonds. The number of nitrogens with zero attached hydrogens (tertiary/aromatic N) is 1. The first-order chi connectivity index (χ1) is 9.40. The van der Waals surface area contributed by atoms with Crippen molar-refractivity contribution in [2.24, 2.45) is 0 Å². The largest absolute Gasteiger partial charge is 0.305 e. The highest BCUT2D eigenvalue weighted by Gasteiger charge is 2.34. The van der Waals surface area contributed by atoms with Gasteiger partial charge in [0.15, 0.2) is 0 Å². The Morgan fingerprint density at radius 2 is 1.47 bits per heavy atom. The van der Waals surface area contributed by atoms with Crippen LogP contribution in [0.4, 0.5) is 0 Å². The minimum atomic E-state index is 0.355. The second-order valence-corrected chi connectivity index (χ2v) is 5.05. The minimum absolute atomic E-state index is 0.355. The van der Waals surface area contributed by atoms with Crippen LogP contribution >= 0.6 is 0 Å². The molecule has 2 heteroatoms. The molecule has 2 aromatic carbocycles. The number of rotatable bonds is 4. The molecule has 0 unspecified atom stereocenters. The van der Waals surface area contributed by atoms with E-state index in [1.54, 1.807) is 0 Å². The SMILES string of the molecule is CN[C@@H]1CCN1C(c1ccccc1)c1ccccc1. The summed E-state index contributed by atoms with van der Waals surface area (Å²) in [5, 5.41) is 3.40. The normalized spacial score (nSPS) is 19.4. The molecule has 3 rings (SSSR count). The second-order valence-electron chi connectivity index (χ2n) is 5.05. The van der Waals surface area contributed by atoms with E-state index in [4.69, 9.17) is 0 Å². The fourth-order valence-electron chi connectivity index (χ4n) is 2.87. The van der Waals surface area contributed by atoms with Crippen LogP contribution in [0.2, 0.25) is 0 Å². The van der Waals surface area contributed by atoms with Crippen molar-refractivity contribution in [2.75, 3.05) is 13.6 Å². The van der Waals surface area contributed by atoms with Crippen molar-refractivity contribution >= 4 is 0 Å². The average Bonchev–Trinajstić information content (AvgIpc) is 2.46. The number of hydrogen-bond donors (Lipinski definition) is 1. The first-order valence-corrected chi connectivity index (χ1v) is 6.93. The van der Waals surface area contributed by atoms with Gasteiger partial charge in [-0.05, 0) is 24.6 Å². The Labute approximate surface area is 115 Å². The summed E-state index contributed by atoms with van der Waals surface area (Å²) in [4.78, 5) is 2.53. The van der Waals surface area contributed by atoms with Gasteiger partial charge in [-0.1, -0.05) is 60.7 Å². The predicted octanol–water partition coefficient (Wildman–Crippen LogP) is 3.03. The van der Waals surface area contributed by atoms with Crippen LogP contribution in [-0.2, 0) is 0 Å². The fraction of sp³-hybridized carbons (Fsp3) is 0.294. The summed E-state index contributed by atoms with van der Waals surface area (Å²) in [6.07, 6.45) is 1.72. The van der Waals surface area contributed by atoms with Gasteiger partial charge in [-0.15, -0.1) is 0 Å². The Morgan fingerprint density at radius 3 is 1.84 bits per heavy atom. The van der Waals surface area contributed by atoms with E-state index < -0.39 is 0 Å². The molecule has 0 bridgehead atoms. The van der Waals surface area contributed by atoms with Gasteiger partial charge in [0.2, 0.25) is 0 Å². The Balaban J connectivity index is 1.97. The number of benzene rings is 2. The Kier molecular flexibility index (Phi) is 3.62. The van der Waals surface area contributed by atoms with Gasteiger partial charge in [-0.2, -0.15) is 0 Å². The minimum Gasteiger partial charge on any atom is -0.305 e. The van der Waals surface area contributed by atoms with Gasteiger partial charge in [-0.3, -0.25) is 4.90 Å². The maximum absolute atomic E-state index is 3.40. The highest BCUT2D eigenvalue weighted by Crippen LogP contribution is 2.34. The summed E-state index contributed by atoms with van der Waals surface area (Å²) in [6.45, 7) is 1.15. The third-order valence-electron chi connectivity index (χ3n) is 3.96. The first kappa shape index (κ1) is 12.4. The molecule has 1 heterocycles. The van der Waals surface area contributed by atoms with Gasteiger partial charge in [0.05, 0.1) is 12.2 Å². The molecule has 0 aromatic heterocycles. The Hall–Kier alpha value is -1.64. The predicted molar refractivity (Wildman–Crippen MR) is 78.9 cm³/mol. The Bertz CT molecular complexity index is 468. The monoisotopic (exact) mass is 252 g/mol. The number of hydrogen-bond acceptors (Lipinski definition) is 2. The molecule has 2 nitrogen and oxygen atoms in total. The van der Waals surface area contributed by atoms with E-state index >= 15 is 0 Å². The van der Waals surface area contributed by atoms with E-state index in [0.29, 0.717) is 12.2 Å². The molecular formula is C17H20N2. The lowest BCUT2D eigenvalue weighted by molar-refractivity contribution is 0.0393. The van der Waals surface area contributed by atoms with Crippen LogP contribution in [-0.4, -0.2) is 24.7 Å². The Morgan fingerprint density at radius 1 is 0.947 bits per heavy atom. The molecule has 1 N–H and O–H groups in total. The van der Waals surface area contributed by atoms with Crippen molar-refractivity contribution < 1.29 is 0 Å². The van der Waals surface area contributed by atoms with Crippen LogP contribution in [0.5, 0.6) is 0 Å². The molecule has 1 saturated heterocycles. The summed E-state index contributed by atoms with van der Waals surface area (Å²) in [5.74, 6) is 0. The molecule has 0 aliphatic carbocycles. The zero-order chi connectivity index (χ0) is 13.1. The number of nitrogens with one attached hydrogen (secondary N) is 1. The van der Waals surface area contributed by atoms with Gasteiger partial charge >= 0.3 is 0 Å². The van der Waals surface area contributed by atoms with Crippen LogP contribution in [0.1, 0.15) is 23.6 Å². The molecule has 19 heavy (non-hydrogen) atoms. The highest BCUT2D eigenvalue weighted by atomic mass is 15.3. The van der Waals surface area contributed by atoms with E-state index in [0.717, 1.165) is 6.54 Å². The highest BCUT2D eigenvalue weighted by molar-refractivity contribution is 5.32. The lowest BCUT2D eigenvalue weighted by Crippen LogP contribution is -2.56. The molecule has 1 fully saturated rings. The maximum atomic E-state index is 3.40.